The van der Waals surface area contributed by atoms with Crippen LogP contribution in [-0.4, -0.2) is 15.7 Å². The van der Waals surface area contributed by atoms with E-state index in [1.165, 1.54) is 0 Å². The standard InChI is InChI=1S/C26H20BrN3O4/c27-19-8-10-21(11-9-19)33-17-30-15-20(14-28-30)29-26(31)25-13-12-22(34-25)16-32-24-7-3-5-18-4-1-2-6-23(18)24/h1-15H,16-17H2,(H,29,31). The van der Waals surface area contributed by atoms with Crippen molar-refractivity contribution in [2.45, 2.75) is 13.3 Å². The number of aromatic nitrogens is 2. The van der Waals surface area contributed by atoms with Crippen molar-refractivity contribution in [3.63, 3.8) is 0 Å². The summed E-state index contributed by atoms with van der Waals surface area (Å²) < 4.78 is 19.9. The van der Waals surface area contributed by atoms with Crippen LogP contribution in [0.2, 0.25) is 0 Å². The summed E-state index contributed by atoms with van der Waals surface area (Å²) in [7, 11) is 0. The first-order valence-electron chi connectivity index (χ1n) is 10.6. The Morgan fingerprint density at radius 3 is 2.68 bits per heavy atom. The highest BCUT2D eigenvalue weighted by Gasteiger charge is 2.13. The summed E-state index contributed by atoms with van der Waals surface area (Å²) in [5.74, 6) is 1.85. The Bertz CT molecular complexity index is 1420. The van der Waals surface area contributed by atoms with Crippen molar-refractivity contribution < 1.29 is 18.7 Å². The Morgan fingerprint density at radius 1 is 0.971 bits per heavy atom. The van der Waals surface area contributed by atoms with Gasteiger partial charge in [-0.2, -0.15) is 5.10 Å². The number of anilines is 1. The Kier molecular flexibility index (Phi) is 6.31. The van der Waals surface area contributed by atoms with Crippen LogP contribution < -0.4 is 14.8 Å². The second kappa shape index (κ2) is 9.84. The average molecular weight is 518 g/mol. The lowest BCUT2D eigenvalue weighted by Crippen LogP contribution is -2.10. The topological polar surface area (TPSA) is 78.5 Å². The number of fused-ring (bicyclic) bond motifs is 1. The van der Waals surface area contributed by atoms with E-state index in [2.05, 4.69) is 26.3 Å². The van der Waals surface area contributed by atoms with Crippen molar-refractivity contribution >= 4 is 38.3 Å². The molecule has 7 nitrogen and oxygen atoms in total. The van der Waals surface area contributed by atoms with Crippen LogP contribution in [0.1, 0.15) is 16.3 Å². The van der Waals surface area contributed by atoms with Gasteiger partial charge in [0.15, 0.2) is 12.5 Å². The molecule has 0 radical (unpaired) electrons. The van der Waals surface area contributed by atoms with Gasteiger partial charge in [0.05, 0.1) is 18.1 Å². The van der Waals surface area contributed by atoms with Crippen LogP contribution in [-0.2, 0) is 13.3 Å². The van der Waals surface area contributed by atoms with Crippen molar-refractivity contribution in [2.75, 3.05) is 5.32 Å². The highest BCUT2D eigenvalue weighted by atomic mass is 79.9. The zero-order valence-electron chi connectivity index (χ0n) is 18.0. The number of carbonyl (C=O) groups excluding carboxylic acids is 1. The van der Waals surface area contributed by atoms with Crippen LogP contribution in [0.3, 0.4) is 0 Å². The maximum absolute atomic E-state index is 12.6. The third-order valence-corrected chi connectivity index (χ3v) is 5.60. The lowest BCUT2D eigenvalue weighted by Gasteiger charge is -2.08. The minimum absolute atomic E-state index is 0.190. The van der Waals surface area contributed by atoms with Gasteiger partial charge >= 0.3 is 0 Å². The molecule has 5 aromatic rings. The smallest absolute Gasteiger partial charge is 0.291 e. The molecule has 0 spiro atoms. The Balaban J connectivity index is 1.16. The van der Waals surface area contributed by atoms with E-state index >= 15 is 0 Å². The van der Waals surface area contributed by atoms with Crippen LogP contribution in [0.15, 0.2) is 100 Å². The van der Waals surface area contributed by atoms with Gasteiger partial charge in [0.1, 0.15) is 23.9 Å². The summed E-state index contributed by atoms with van der Waals surface area (Å²) in [6.45, 7) is 0.431. The summed E-state index contributed by atoms with van der Waals surface area (Å²) in [5.41, 5.74) is 0.536. The van der Waals surface area contributed by atoms with Crippen LogP contribution >= 0.6 is 15.9 Å². The molecular formula is C26H20BrN3O4. The summed E-state index contributed by atoms with van der Waals surface area (Å²) in [6, 6.07) is 24.8. The number of furan rings is 1. The summed E-state index contributed by atoms with van der Waals surface area (Å²) in [4.78, 5) is 12.6. The molecule has 0 fully saturated rings. The predicted octanol–water partition coefficient (Wildman–Crippen LogP) is 6.26. The fraction of sp³-hybridized carbons (Fsp3) is 0.0769. The Labute approximate surface area is 204 Å². The molecule has 2 aromatic heterocycles. The van der Waals surface area contributed by atoms with E-state index in [4.69, 9.17) is 13.9 Å². The third kappa shape index (κ3) is 5.13. The van der Waals surface area contributed by atoms with Gasteiger partial charge in [0, 0.05) is 9.86 Å². The monoisotopic (exact) mass is 517 g/mol. The second-order valence-electron chi connectivity index (χ2n) is 7.48. The number of rotatable bonds is 8. The summed E-state index contributed by atoms with van der Waals surface area (Å²) in [5, 5.41) is 9.11. The van der Waals surface area contributed by atoms with Crippen LogP contribution in [0.25, 0.3) is 10.8 Å². The molecule has 0 bridgehead atoms. The molecule has 0 aliphatic carbocycles. The van der Waals surface area contributed by atoms with Gasteiger partial charge < -0.3 is 19.2 Å². The minimum atomic E-state index is -0.371. The predicted molar refractivity (Wildman–Crippen MR) is 132 cm³/mol. The quantitative estimate of drug-likeness (QED) is 0.262. The molecule has 0 saturated carbocycles. The molecule has 0 aliphatic heterocycles. The molecule has 1 N–H and O–H groups in total. The molecule has 2 heterocycles. The lowest BCUT2D eigenvalue weighted by atomic mass is 10.1. The van der Waals surface area contributed by atoms with Crippen molar-refractivity contribution in [1.82, 2.24) is 9.78 Å². The Hall–Kier alpha value is -4.04. The number of amides is 1. The number of hydrogen-bond donors (Lipinski definition) is 1. The SMILES string of the molecule is O=C(Nc1cnn(COc2ccc(Br)cc2)c1)c1ccc(COc2cccc3ccccc23)o1. The Morgan fingerprint density at radius 2 is 1.79 bits per heavy atom. The van der Waals surface area contributed by atoms with Crippen molar-refractivity contribution in [3.05, 3.63) is 107 Å². The van der Waals surface area contributed by atoms with Crippen molar-refractivity contribution in [1.29, 1.82) is 0 Å². The first kappa shape index (κ1) is 21.8. The summed E-state index contributed by atoms with van der Waals surface area (Å²) >= 11 is 3.39. The first-order chi connectivity index (χ1) is 16.6. The number of hydrogen-bond acceptors (Lipinski definition) is 5. The fourth-order valence-corrected chi connectivity index (χ4v) is 3.68. The lowest BCUT2D eigenvalue weighted by molar-refractivity contribution is 0.0992. The minimum Gasteiger partial charge on any atom is -0.485 e. The van der Waals surface area contributed by atoms with Crippen molar-refractivity contribution in [3.8, 4) is 11.5 Å². The normalized spacial score (nSPS) is 10.9. The molecule has 5 rings (SSSR count). The molecule has 8 heteroatoms. The van der Waals surface area contributed by atoms with Gasteiger partial charge in [-0.1, -0.05) is 52.3 Å². The van der Waals surface area contributed by atoms with E-state index in [-0.39, 0.29) is 25.0 Å². The van der Waals surface area contributed by atoms with Crippen LogP contribution in [0, 0.1) is 0 Å². The van der Waals surface area contributed by atoms with E-state index in [0.717, 1.165) is 26.7 Å². The molecule has 0 atom stereocenters. The number of halogens is 1. The van der Waals surface area contributed by atoms with Crippen LogP contribution in [0.5, 0.6) is 11.5 Å². The maximum Gasteiger partial charge on any atom is 0.291 e. The number of nitrogens with zero attached hydrogens (tertiary/aromatic N) is 2. The maximum atomic E-state index is 12.6. The van der Waals surface area contributed by atoms with Gasteiger partial charge in [0.25, 0.3) is 5.91 Å². The molecule has 0 unspecified atom stereocenters. The van der Waals surface area contributed by atoms with E-state index in [1.807, 2.05) is 66.7 Å². The number of carbonyl (C=O) groups is 1. The molecule has 0 saturated heterocycles. The highest BCUT2D eigenvalue weighted by Crippen LogP contribution is 2.26. The van der Waals surface area contributed by atoms with Gasteiger partial charge in [-0.05, 0) is 47.9 Å². The molecule has 0 aliphatic rings. The zero-order valence-corrected chi connectivity index (χ0v) is 19.6. The van der Waals surface area contributed by atoms with Gasteiger partial charge in [-0.3, -0.25) is 4.79 Å². The second-order valence-corrected chi connectivity index (χ2v) is 8.40. The molecular weight excluding hydrogens is 498 g/mol. The first-order valence-corrected chi connectivity index (χ1v) is 11.3. The van der Waals surface area contributed by atoms with E-state index < -0.39 is 0 Å². The number of nitrogens with one attached hydrogen (secondary N) is 1. The fourth-order valence-electron chi connectivity index (χ4n) is 3.41. The zero-order chi connectivity index (χ0) is 23.3. The van der Waals surface area contributed by atoms with E-state index in [0.29, 0.717) is 11.4 Å². The molecule has 3 aromatic carbocycles. The largest absolute Gasteiger partial charge is 0.485 e. The van der Waals surface area contributed by atoms with E-state index in [1.54, 1.807) is 29.2 Å². The van der Waals surface area contributed by atoms with Gasteiger partial charge in [-0.15, -0.1) is 0 Å². The number of ether oxygens (including phenoxy) is 2. The van der Waals surface area contributed by atoms with Gasteiger partial charge in [0.2, 0.25) is 0 Å². The van der Waals surface area contributed by atoms with Crippen LogP contribution in [0.4, 0.5) is 5.69 Å². The highest BCUT2D eigenvalue weighted by molar-refractivity contribution is 9.10. The third-order valence-electron chi connectivity index (χ3n) is 5.07. The van der Waals surface area contributed by atoms with Gasteiger partial charge in [-0.25, -0.2) is 4.68 Å². The van der Waals surface area contributed by atoms with E-state index in [9.17, 15) is 4.79 Å². The molecule has 1 amide bonds. The average Bonchev–Trinajstić information content (AvgIpc) is 3.52. The molecule has 34 heavy (non-hydrogen) atoms. The number of benzene rings is 3. The molecule has 170 valence electrons. The van der Waals surface area contributed by atoms with Crippen molar-refractivity contribution in [2.24, 2.45) is 0 Å². The summed E-state index contributed by atoms with van der Waals surface area (Å²) in [6.07, 6.45) is 3.24.